The molecular weight excluding hydrogens is 1890 g/mol. The zero-order chi connectivity index (χ0) is 93.4. The van der Waals surface area contributed by atoms with E-state index < -0.39 is 75.3 Å². The zero-order valence-electron chi connectivity index (χ0n) is 72.2. The molecule has 0 bridgehead atoms. The fraction of sp³-hybridized carbons (Fsp3) is 0.176. The van der Waals surface area contributed by atoms with Crippen LogP contribution in [0.4, 0.5) is 36.5 Å². The predicted molar refractivity (Wildman–Crippen MR) is 489 cm³/mol. The van der Waals surface area contributed by atoms with Crippen molar-refractivity contribution in [3.8, 4) is 34.1 Å². The summed E-state index contributed by atoms with van der Waals surface area (Å²) in [6.07, 6.45) is 5.99. The Balaban J connectivity index is 0.000000571. The second-order valence-corrected chi connectivity index (χ2v) is 36.7. The Bertz CT molecular complexity index is 6390. The van der Waals surface area contributed by atoms with Crippen LogP contribution in [0.15, 0.2) is 255 Å². The number of furan rings is 2. The molecule has 0 aliphatic heterocycles. The number of nitrogens with zero attached hydrogens (tertiary/aromatic N) is 4. The number of aromatic nitrogens is 4. The van der Waals surface area contributed by atoms with E-state index in [0.717, 1.165) is 70.4 Å². The molecule has 0 saturated carbocycles. The van der Waals surface area contributed by atoms with Crippen LogP contribution in [0.5, 0.6) is 11.5 Å². The first-order valence-corrected chi connectivity index (χ1v) is 46.4. The fourth-order valence-corrected chi connectivity index (χ4v) is 13.2. The summed E-state index contributed by atoms with van der Waals surface area (Å²) in [5.74, 6) is 1.69. The third-order valence-corrected chi connectivity index (χ3v) is 21.5. The molecule has 13 rings (SSSR count). The van der Waals surface area contributed by atoms with Gasteiger partial charge in [0.05, 0.1) is 53.8 Å². The summed E-state index contributed by atoms with van der Waals surface area (Å²) < 4.78 is 194. The molecule has 0 amide bonds. The van der Waals surface area contributed by atoms with Crippen molar-refractivity contribution >= 4 is 162 Å². The molecule has 46 heteroatoms. The average Bonchev–Trinajstić information content (AvgIpc) is 1.31. The summed E-state index contributed by atoms with van der Waals surface area (Å²) >= 11 is 12.9. The van der Waals surface area contributed by atoms with Gasteiger partial charge in [0.2, 0.25) is 0 Å². The Morgan fingerprint density at radius 3 is 1.20 bits per heavy atom. The van der Waals surface area contributed by atoms with Crippen molar-refractivity contribution in [1.82, 2.24) is 25.3 Å². The van der Waals surface area contributed by atoms with Gasteiger partial charge in [0.15, 0.2) is 12.0 Å². The second kappa shape index (κ2) is 53.9. The van der Waals surface area contributed by atoms with E-state index in [-0.39, 0.29) is 117 Å². The monoisotopic (exact) mass is 1980 g/mol. The van der Waals surface area contributed by atoms with E-state index in [9.17, 15) is 70.0 Å². The molecule has 131 heavy (non-hydrogen) atoms. The number of carbonyl (C=O) groups is 4. The molecule has 0 spiro atoms. The van der Waals surface area contributed by atoms with Crippen molar-refractivity contribution in [2.45, 2.75) is 76.0 Å². The maximum absolute atomic E-state index is 13.4. The summed E-state index contributed by atoms with van der Waals surface area (Å²) in [6.45, 7) is 10.2. The Morgan fingerprint density at radius 1 is 0.504 bits per heavy atom. The first kappa shape index (κ1) is 114. The Hall–Kier alpha value is -11.3. The Kier molecular flexibility index (Phi) is 46.9. The van der Waals surface area contributed by atoms with E-state index in [2.05, 4.69) is 49.8 Å². The average molecular weight is 1980 g/mol. The third kappa shape index (κ3) is 41.0. The van der Waals surface area contributed by atoms with Gasteiger partial charge in [-0.25, -0.2) is 45.6 Å². The standard InChI is InChI=1S/C29H26ClFN4O4S.C26H17ClFN3O3.3C7H8O3S.C6H9BO6.C3H9NO2S.ClH.FH.Na.H2O.H/c1-40(36,37)12-11-32-16-23-7-10-27(39-23)20-5-8-26-24(14-20)29(34-18-33-26)35-22-6-9-28(25(30)15-22)38-17-19-3-2-4-21(31)13-19;27-22-12-19(5-8-25(22)33-14-16-2-1-3-18(28)10-16)31-26-21-11-17(4-7-23(21)29-15-30-26)24-9-6-20(13-32)34-24;3*1-6-2-4-7(5-3-6)11(8,9)10;1-4(8)11-7(12-5(2)9)13-6(3)10;1-7(5,6)3-2-4;;;;;/h2-10,13-15,18,32H,11-12,16-17H2,1H3,(H,33,34,35);1-13,15H,14H2,(H,29,30,31);3*2-5H,1H3,(H,8,9,10);1-3H3;2-4H2,1H3;2*1H;;1H2;/q;;;;;;;;;+1;;-1. The van der Waals surface area contributed by atoms with Crippen molar-refractivity contribution < 1.29 is 157 Å². The smallest absolute Gasteiger partial charge is 1.00 e. The SMILES string of the molecule is CC(=O)OB(OC(C)=O)OC(C)=O.CS(=O)(=O)CCN.CS(=O)(=O)CCNCc1ccc(-c2ccc3ncnc(Nc4ccc(OCc5cccc(F)c5)c(Cl)c4)c3c2)o1.Cc1ccc(S(=O)(=O)O)cc1.Cc1ccc(S(=O)(=O)O)cc1.Cc1ccc(S(=O)(=O)O)cc1.Cl.F.O.O=Cc1ccc(-c2ccc3ncnc(Nc4ccc(OCc5cccc(F)c5)c(Cl)c4)c3c2)o1.[H-].[Na+]. The molecule has 4 heterocycles. The maximum atomic E-state index is 13.4. The first-order valence-electron chi connectivity index (χ1n) is 37.2. The molecule has 0 fully saturated rings. The number of hydrogen-bond acceptors (Lipinski definition) is 29. The molecule has 0 unspecified atom stereocenters. The van der Waals surface area contributed by atoms with Gasteiger partial charge in [0.25, 0.3) is 48.3 Å². The van der Waals surface area contributed by atoms with Gasteiger partial charge in [0.1, 0.15) is 97.6 Å². The molecule has 4 aromatic heterocycles. The molecule has 0 radical (unpaired) electrons. The van der Waals surface area contributed by atoms with Crippen LogP contribution < -0.4 is 60.7 Å². The first-order chi connectivity index (χ1) is 59.8. The summed E-state index contributed by atoms with van der Waals surface area (Å²) in [5, 5.41) is 12.0. The Morgan fingerprint density at radius 2 is 0.878 bits per heavy atom. The number of anilines is 4. The number of benzene rings is 9. The predicted octanol–water partition coefficient (Wildman–Crippen LogP) is 12.2. The van der Waals surface area contributed by atoms with Crippen LogP contribution in [-0.4, -0.2) is 150 Å². The van der Waals surface area contributed by atoms with Crippen LogP contribution in [0.1, 0.15) is 66.3 Å². The van der Waals surface area contributed by atoms with Crippen LogP contribution >= 0.6 is 35.6 Å². The maximum Gasteiger partial charge on any atom is 1.00 e. The van der Waals surface area contributed by atoms with Crippen LogP contribution in [-0.2, 0) is 98.1 Å². The van der Waals surface area contributed by atoms with Gasteiger partial charge in [-0.3, -0.25) is 37.5 Å². The molecule has 696 valence electrons. The van der Waals surface area contributed by atoms with Gasteiger partial charge in [-0.1, -0.05) is 101 Å². The minimum absolute atomic E-state index is 0. The number of rotatable bonds is 26. The van der Waals surface area contributed by atoms with E-state index in [1.807, 2.05) is 81.4 Å². The number of nitrogens with two attached hydrogens (primary N) is 1. The number of ether oxygens (including phenoxy) is 2. The topological polar surface area (TPSA) is 517 Å². The van der Waals surface area contributed by atoms with Gasteiger partial charge in [-0.05, 0) is 190 Å². The van der Waals surface area contributed by atoms with Crippen LogP contribution in [0, 0.1) is 32.4 Å². The van der Waals surface area contributed by atoms with Crippen molar-refractivity contribution in [2.75, 3.05) is 47.7 Å². The van der Waals surface area contributed by atoms with Gasteiger partial charge in [-0.15, -0.1) is 12.4 Å². The van der Waals surface area contributed by atoms with Crippen LogP contribution in [0.25, 0.3) is 44.5 Å². The second-order valence-electron chi connectivity index (χ2n) is 27.1. The summed E-state index contributed by atoms with van der Waals surface area (Å²) in [5.41, 5.74) is 13.7. The van der Waals surface area contributed by atoms with Crippen molar-refractivity contribution in [3.63, 3.8) is 0 Å². The summed E-state index contributed by atoms with van der Waals surface area (Å²) in [4.78, 5) is 59.5. The number of carbonyl (C=O) groups excluding carboxylic acids is 4. The zero-order valence-corrected chi connectivity index (χ0v) is 79.6. The number of sulfone groups is 2. The number of aldehydes is 1. The molecule has 13 aromatic rings. The summed E-state index contributed by atoms with van der Waals surface area (Å²) in [7, 11) is -19.5. The van der Waals surface area contributed by atoms with E-state index in [1.165, 1.54) is 85.8 Å². The van der Waals surface area contributed by atoms with E-state index in [1.54, 1.807) is 97.1 Å². The van der Waals surface area contributed by atoms with E-state index >= 15 is 0 Å². The van der Waals surface area contributed by atoms with Gasteiger partial charge >= 0.3 is 36.9 Å². The molecule has 0 atom stereocenters. The Labute approximate surface area is 793 Å². The van der Waals surface area contributed by atoms with Crippen LogP contribution in [0.2, 0.25) is 10.0 Å². The van der Waals surface area contributed by atoms with Gasteiger partial charge in [-0.2, -0.15) is 25.3 Å². The molecule has 33 nitrogen and oxygen atoms in total. The minimum atomic E-state index is -4.02. The quantitative estimate of drug-likeness (QED) is 0.0115. The molecular formula is C85H90BCl3F3N8NaO25S5. The fourth-order valence-electron chi connectivity index (χ4n) is 10.4. The molecule has 0 saturated heterocycles. The van der Waals surface area contributed by atoms with E-state index in [0.29, 0.717) is 92.3 Å². The normalized spacial score (nSPS) is 10.7. The number of fused-ring (bicyclic) bond motifs is 2. The number of aryl methyl sites for hydroxylation is 3. The van der Waals surface area contributed by atoms with Crippen molar-refractivity contribution in [3.05, 3.63) is 292 Å². The van der Waals surface area contributed by atoms with Crippen LogP contribution in [0.3, 0.4) is 0 Å². The third-order valence-electron chi connectivity index (χ3n) is 16.4. The largest absolute Gasteiger partial charge is 1.00 e. The molecule has 9 aromatic carbocycles. The molecule has 0 aliphatic carbocycles. The van der Waals surface area contributed by atoms with Crippen molar-refractivity contribution in [1.29, 1.82) is 0 Å². The molecule has 10 N–H and O–H groups in total. The van der Waals surface area contributed by atoms with Gasteiger partial charge in [0, 0.05) is 79.6 Å². The van der Waals surface area contributed by atoms with E-state index in [4.69, 9.17) is 60.9 Å². The minimum Gasteiger partial charge on any atom is -1.00 e. The number of halogens is 6. The number of nitrogens with one attached hydrogen (secondary N) is 3. The van der Waals surface area contributed by atoms with Gasteiger partial charge < -0.3 is 60.9 Å². The summed E-state index contributed by atoms with van der Waals surface area (Å²) in [6, 6.07) is 59.4. The molecule has 0 aliphatic rings. The number of hydrogen-bond donors (Lipinski definition) is 7. The van der Waals surface area contributed by atoms with Crippen molar-refractivity contribution in [2.24, 2.45) is 5.73 Å².